The van der Waals surface area contributed by atoms with Crippen LogP contribution in [0.15, 0.2) is 9.59 Å². The Labute approximate surface area is 149 Å². The second kappa shape index (κ2) is 9.44. The lowest BCUT2D eigenvalue weighted by molar-refractivity contribution is -0.119. The quantitative estimate of drug-likeness (QED) is 0.712. The van der Waals surface area contributed by atoms with Crippen LogP contribution < -0.4 is 21.9 Å². The third-order valence-electron chi connectivity index (χ3n) is 4.00. The molecule has 25 heavy (non-hydrogen) atoms. The van der Waals surface area contributed by atoms with Crippen LogP contribution in [0.25, 0.3) is 0 Å². The topological polar surface area (TPSA) is 101 Å². The number of aromatic amines is 1. The molecule has 0 unspecified atom stereocenters. The van der Waals surface area contributed by atoms with Gasteiger partial charge in [-0.15, -0.1) is 0 Å². The minimum absolute atomic E-state index is 0.0701. The van der Waals surface area contributed by atoms with Gasteiger partial charge in [0, 0.05) is 19.5 Å². The van der Waals surface area contributed by atoms with Crippen LogP contribution in [-0.4, -0.2) is 22.0 Å². The molecule has 1 aromatic heterocycles. The molecule has 0 radical (unpaired) electrons. The predicted molar refractivity (Wildman–Crippen MR) is 102 cm³/mol. The van der Waals surface area contributed by atoms with E-state index >= 15 is 0 Å². The molecule has 0 fully saturated rings. The van der Waals surface area contributed by atoms with Crippen LogP contribution >= 0.6 is 0 Å². The molecule has 0 bridgehead atoms. The highest BCUT2D eigenvalue weighted by molar-refractivity contribution is 5.95. The molecule has 0 saturated heterocycles. The number of amides is 1. The summed E-state index contributed by atoms with van der Waals surface area (Å²) in [4.78, 5) is 41.0. The van der Waals surface area contributed by atoms with Crippen molar-refractivity contribution in [2.45, 2.75) is 66.8 Å². The Morgan fingerprint density at radius 2 is 1.84 bits per heavy atom. The van der Waals surface area contributed by atoms with Crippen molar-refractivity contribution in [3.63, 3.8) is 0 Å². The zero-order valence-electron chi connectivity index (χ0n) is 16.1. The van der Waals surface area contributed by atoms with Crippen molar-refractivity contribution in [3.05, 3.63) is 20.8 Å². The van der Waals surface area contributed by atoms with Crippen molar-refractivity contribution in [2.24, 2.45) is 11.8 Å². The minimum Gasteiger partial charge on any atom is -0.383 e. The first-order valence-electron chi connectivity index (χ1n) is 9.11. The van der Waals surface area contributed by atoms with Gasteiger partial charge < -0.3 is 10.6 Å². The van der Waals surface area contributed by atoms with Crippen LogP contribution in [0, 0.1) is 11.8 Å². The number of unbranched alkanes of at least 4 members (excludes halogenated alkanes) is 1. The van der Waals surface area contributed by atoms with Gasteiger partial charge in [-0.2, -0.15) is 0 Å². The van der Waals surface area contributed by atoms with Crippen LogP contribution in [-0.2, 0) is 11.3 Å². The maximum absolute atomic E-state index is 12.7. The highest BCUT2D eigenvalue weighted by Crippen LogP contribution is 2.20. The van der Waals surface area contributed by atoms with E-state index in [0.29, 0.717) is 25.4 Å². The number of nitrogens with zero attached hydrogens (tertiary/aromatic N) is 2. The van der Waals surface area contributed by atoms with Crippen molar-refractivity contribution in [1.82, 2.24) is 9.55 Å². The molecule has 0 atom stereocenters. The van der Waals surface area contributed by atoms with E-state index in [-0.39, 0.29) is 23.3 Å². The molecule has 3 N–H and O–H groups in total. The van der Waals surface area contributed by atoms with Gasteiger partial charge in [-0.25, -0.2) is 4.79 Å². The Kier molecular flexibility index (Phi) is 7.93. The minimum atomic E-state index is -0.603. The number of carbonyl (C=O) groups excluding carboxylic acids is 1. The molecule has 0 aromatic carbocycles. The van der Waals surface area contributed by atoms with Crippen molar-refractivity contribution in [3.8, 4) is 0 Å². The van der Waals surface area contributed by atoms with E-state index in [2.05, 4.69) is 4.98 Å². The number of hydrogen-bond donors (Lipinski definition) is 2. The highest BCUT2D eigenvalue weighted by Gasteiger charge is 2.24. The average Bonchev–Trinajstić information content (AvgIpc) is 2.50. The van der Waals surface area contributed by atoms with Gasteiger partial charge in [0.05, 0.1) is 0 Å². The van der Waals surface area contributed by atoms with Crippen molar-refractivity contribution in [1.29, 1.82) is 0 Å². The molecule has 0 aliphatic rings. The number of rotatable bonds is 9. The smallest absolute Gasteiger partial charge is 0.330 e. The first-order chi connectivity index (χ1) is 11.7. The fraction of sp³-hybridized carbons (Fsp3) is 0.722. The first-order valence-corrected chi connectivity index (χ1v) is 9.11. The molecule has 0 aliphatic carbocycles. The fourth-order valence-corrected chi connectivity index (χ4v) is 2.61. The lowest BCUT2D eigenvalue weighted by Gasteiger charge is -2.26. The lowest BCUT2D eigenvalue weighted by atomic mass is 10.1. The molecule has 1 amide bonds. The summed E-state index contributed by atoms with van der Waals surface area (Å²) < 4.78 is 1.35. The zero-order valence-corrected chi connectivity index (χ0v) is 16.1. The number of nitrogens with two attached hydrogens (primary N) is 1. The summed E-state index contributed by atoms with van der Waals surface area (Å²) in [7, 11) is 0. The summed E-state index contributed by atoms with van der Waals surface area (Å²) in [6.07, 6.45) is 2.74. The molecule has 1 aromatic rings. The van der Waals surface area contributed by atoms with Gasteiger partial charge in [0.1, 0.15) is 5.82 Å². The fourth-order valence-electron chi connectivity index (χ4n) is 2.61. The SMILES string of the molecule is CCCCn1c(N)c(N(CC(C)C)C(=O)CCC(C)C)c(=O)[nH]c1=O. The first kappa shape index (κ1) is 21.0. The molecule has 7 nitrogen and oxygen atoms in total. The predicted octanol–water partition coefficient (Wildman–Crippen LogP) is 2.34. The van der Waals surface area contributed by atoms with Crippen molar-refractivity contribution >= 4 is 17.4 Å². The molecule has 0 aliphatic heterocycles. The van der Waals surface area contributed by atoms with Crippen molar-refractivity contribution in [2.75, 3.05) is 17.2 Å². The third-order valence-corrected chi connectivity index (χ3v) is 4.00. The van der Waals surface area contributed by atoms with Crippen LogP contribution in [0.3, 0.4) is 0 Å². The van der Waals surface area contributed by atoms with E-state index in [0.717, 1.165) is 19.3 Å². The standard InChI is InChI=1S/C18H32N4O3/c1-6-7-10-21-16(19)15(17(24)20-18(21)25)22(11-13(4)5)14(23)9-8-12(2)3/h12-13H,6-11,19H2,1-5H3,(H,20,24,25). The highest BCUT2D eigenvalue weighted by atomic mass is 16.2. The zero-order chi connectivity index (χ0) is 19.1. The molecule has 7 heteroatoms. The summed E-state index contributed by atoms with van der Waals surface area (Å²) in [5, 5.41) is 0. The normalized spacial score (nSPS) is 11.3. The maximum Gasteiger partial charge on any atom is 0.330 e. The van der Waals surface area contributed by atoms with Crippen LogP contribution in [0.2, 0.25) is 0 Å². The summed E-state index contributed by atoms with van der Waals surface area (Å²) in [5.41, 5.74) is 5.11. The Morgan fingerprint density at radius 3 is 2.36 bits per heavy atom. The van der Waals surface area contributed by atoms with E-state index in [4.69, 9.17) is 5.73 Å². The van der Waals surface area contributed by atoms with Crippen molar-refractivity contribution < 1.29 is 4.79 Å². The van der Waals surface area contributed by atoms with E-state index < -0.39 is 11.2 Å². The van der Waals surface area contributed by atoms with Gasteiger partial charge in [-0.1, -0.05) is 41.0 Å². The van der Waals surface area contributed by atoms with Gasteiger partial charge >= 0.3 is 5.69 Å². The Balaban J connectivity index is 3.35. The Hall–Kier alpha value is -2.05. The molecular formula is C18H32N4O3. The largest absolute Gasteiger partial charge is 0.383 e. The second-order valence-corrected chi connectivity index (χ2v) is 7.33. The van der Waals surface area contributed by atoms with Crippen LogP contribution in [0.4, 0.5) is 11.5 Å². The Morgan fingerprint density at radius 1 is 1.20 bits per heavy atom. The number of nitrogens with one attached hydrogen (secondary N) is 1. The van der Waals surface area contributed by atoms with Crippen LogP contribution in [0.1, 0.15) is 60.3 Å². The molecule has 0 spiro atoms. The summed E-state index contributed by atoms with van der Waals surface area (Å²) in [6.45, 7) is 10.9. The lowest BCUT2D eigenvalue weighted by Crippen LogP contribution is -2.42. The number of carbonyl (C=O) groups is 1. The van der Waals surface area contributed by atoms with Gasteiger partial charge in [-0.3, -0.25) is 19.1 Å². The number of H-pyrrole nitrogens is 1. The van der Waals surface area contributed by atoms with Gasteiger partial charge in [-0.05, 0) is 24.7 Å². The van der Waals surface area contributed by atoms with Gasteiger partial charge in [0.25, 0.3) is 5.56 Å². The van der Waals surface area contributed by atoms with E-state index in [9.17, 15) is 14.4 Å². The maximum atomic E-state index is 12.7. The van der Waals surface area contributed by atoms with E-state index in [1.807, 2.05) is 34.6 Å². The van der Waals surface area contributed by atoms with Crippen LogP contribution in [0.5, 0.6) is 0 Å². The van der Waals surface area contributed by atoms with E-state index in [1.165, 1.54) is 9.47 Å². The second-order valence-electron chi connectivity index (χ2n) is 7.33. The van der Waals surface area contributed by atoms with Gasteiger partial charge in [0.2, 0.25) is 5.91 Å². The van der Waals surface area contributed by atoms with E-state index in [1.54, 1.807) is 0 Å². The summed E-state index contributed by atoms with van der Waals surface area (Å²) in [6, 6.07) is 0. The number of anilines is 2. The molecule has 1 rings (SSSR count). The Bertz CT molecular complexity index is 689. The van der Waals surface area contributed by atoms with Gasteiger partial charge in [0.15, 0.2) is 5.69 Å². The summed E-state index contributed by atoms with van der Waals surface area (Å²) >= 11 is 0. The molecule has 1 heterocycles. The molecular weight excluding hydrogens is 320 g/mol. The number of hydrogen-bond acceptors (Lipinski definition) is 4. The summed E-state index contributed by atoms with van der Waals surface area (Å²) in [5.74, 6) is 0.484. The molecule has 0 saturated carbocycles. The average molecular weight is 352 g/mol. The molecule has 142 valence electrons. The number of aromatic nitrogens is 2. The monoisotopic (exact) mass is 352 g/mol. The number of nitrogen functional groups attached to an aromatic ring is 1. The third kappa shape index (κ3) is 5.76.